The van der Waals surface area contributed by atoms with Crippen molar-refractivity contribution in [1.29, 1.82) is 0 Å². The average Bonchev–Trinajstić information content (AvgIpc) is 3.11. The monoisotopic (exact) mass is 475 g/mol. The van der Waals surface area contributed by atoms with Crippen LogP contribution >= 0.6 is 11.3 Å². The molecule has 1 aromatic carbocycles. The summed E-state index contributed by atoms with van der Waals surface area (Å²) in [5.41, 5.74) is 2.74. The van der Waals surface area contributed by atoms with E-state index in [0.29, 0.717) is 32.4 Å². The Hall–Kier alpha value is -2.89. The van der Waals surface area contributed by atoms with Crippen LogP contribution in [-0.4, -0.2) is 41.0 Å². The number of aromatic nitrogens is 3. The number of hydrogen-bond acceptors (Lipinski definition) is 7. The summed E-state index contributed by atoms with van der Waals surface area (Å²) < 4.78 is 24.6. The van der Waals surface area contributed by atoms with Crippen LogP contribution in [0, 0.1) is 20.8 Å². The molecule has 2 heterocycles. The fourth-order valence-corrected chi connectivity index (χ4v) is 5.02. The van der Waals surface area contributed by atoms with Crippen molar-refractivity contribution < 1.29 is 13.2 Å². The molecule has 0 radical (unpaired) electrons. The number of amides is 1. The van der Waals surface area contributed by atoms with E-state index in [9.17, 15) is 18.0 Å². The van der Waals surface area contributed by atoms with Crippen LogP contribution in [0.1, 0.15) is 45.2 Å². The summed E-state index contributed by atoms with van der Waals surface area (Å²) >= 11 is 1.16. The molecular weight excluding hydrogens is 450 g/mol. The van der Waals surface area contributed by atoms with Crippen molar-refractivity contribution in [3.05, 3.63) is 62.0 Å². The third kappa shape index (κ3) is 4.36. The van der Waals surface area contributed by atoms with E-state index in [4.69, 9.17) is 5.14 Å². The Morgan fingerprint density at radius 2 is 1.88 bits per heavy atom. The minimum absolute atomic E-state index is 0.0154. The highest BCUT2D eigenvalue weighted by Crippen LogP contribution is 2.31. The van der Waals surface area contributed by atoms with Crippen LogP contribution in [0.4, 0.5) is 0 Å². The molecule has 0 saturated heterocycles. The van der Waals surface area contributed by atoms with Crippen molar-refractivity contribution in [2.75, 3.05) is 7.05 Å². The maximum Gasteiger partial charge on any atom is 0.277 e. The van der Waals surface area contributed by atoms with Crippen LogP contribution in [0.5, 0.6) is 0 Å². The summed E-state index contributed by atoms with van der Waals surface area (Å²) in [4.78, 5) is 32.4. The Kier molecular flexibility index (Phi) is 6.36. The van der Waals surface area contributed by atoms with Crippen molar-refractivity contribution in [2.45, 2.75) is 38.6 Å². The first kappa shape index (κ1) is 23.8. The van der Waals surface area contributed by atoms with Gasteiger partial charge in [-0.05, 0) is 51.0 Å². The van der Waals surface area contributed by atoms with Gasteiger partial charge in [0.05, 0.1) is 27.9 Å². The molecule has 0 bridgehead atoms. The fraction of sp³-hybridized carbons (Fsp3) is 0.333. The van der Waals surface area contributed by atoms with Gasteiger partial charge in [-0.25, -0.2) is 23.2 Å². The van der Waals surface area contributed by atoms with Gasteiger partial charge >= 0.3 is 0 Å². The molecule has 0 aliphatic carbocycles. The van der Waals surface area contributed by atoms with Gasteiger partial charge in [-0.2, -0.15) is 5.10 Å². The van der Waals surface area contributed by atoms with Gasteiger partial charge in [0, 0.05) is 14.1 Å². The topological polar surface area (TPSA) is 128 Å². The van der Waals surface area contributed by atoms with Crippen molar-refractivity contribution in [2.24, 2.45) is 12.2 Å². The van der Waals surface area contributed by atoms with Crippen LogP contribution in [0.2, 0.25) is 0 Å². The van der Waals surface area contributed by atoms with E-state index in [1.54, 1.807) is 40.1 Å². The molecule has 1 amide bonds. The second kappa shape index (κ2) is 8.57. The van der Waals surface area contributed by atoms with Gasteiger partial charge in [0.25, 0.3) is 11.5 Å². The zero-order chi connectivity index (χ0) is 24.0. The van der Waals surface area contributed by atoms with E-state index in [2.05, 4.69) is 10.1 Å². The van der Waals surface area contributed by atoms with E-state index < -0.39 is 16.1 Å². The van der Waals surface area contributed by atoms with Gasteiger partial charge in [0.2, 0.25) is 10.0 Å². The van der Waals surface area contributed by atoms with E-state index in [-0.39, 0.29) is 16.4 Å². The lowest BCUT2D eigenvalue weighted by molar-refractivity contribution is 0.0746. The second-order valence-corrected chi connectivity index (χ2v) is 10.2. The van der Waals surface area contributed by atoms with E-state index in [1.807, 2.05) is 13.8 Å². The second-order valence-electron chi connectivity index (χ2n) is 7.66. The molecule has 0 aliphatic heterocycles. The predicted molar refractivity (Wildman–Crippen MR) is 123 cm³/mol. The summed E-state index contributed by atoms with van der Waals surface area (Å²) in [5.74, 6) is -0.278. The Morgan fingerprint density at radius 1 is 1.22 bits per heavy atom. The molecule has 3 rings (SSSR count). The Labute approximate surface area is 190 Å². The fourth-order valence-electron chi connectivity index (χ4n) is 3.31. The van der Waals surface area contributed by atoms with Gasteiger partial charge in [-0.1, -0.05) is 12.1 Å². The summed E-state index contributed by atoms with van der Waals surface area (Å²) in [6, 6.07) is 5.77. The highest BCUT2D eigenvalue weighted by molar-refractivity contribution is 7.89. The lowest BCUT2D eigenvalue weighted by Gasteiger charge is -2.25. The van der Waals surface area contributed by atoms with Gasteiger partial charge < -0.3 is 4.90 Å². The lowest BCUT2D eigenvalue weighted by Crippen LogP contribution is -2.29. The minimum atomic E-state index is -3.85. The maximum absolute atomic E-state index is 13.3. The number of sulfonamides is 1. The number of carbonyl (C=O) groups is 1. The number of primary sulfonamides is 1. The summed E-state index contributed by atoms with van der Waals surface area (Å²) in [6.07, 6.45) is 0. The van der Waals surface area contributed by atoms with Gasteiger partial charge in [-0.3, -0.25) is 9.59 Å². The van der Waals surface area contributed by atoms with Crippen LogP contribution in [-0.2, 0) is 17.1 Å². The Morgan fingerprint density at radius 3 is 2.50 bits per heavy atom. The first-order valence-corrected chi connectivity index (χ1v) is 12.1. The molecule has 1 unspecified atom stereocenters. The summed E-state index contributed by atoms with van der Waals surface area (Å²) in [5, 5.41) is 9.88. The molecule has 9 nitrogen and oxygen atoms in total. The van der Waals surface area contributed by atoms with E-state index >= 15 is 0 Å². The van der Waals surface area contributed by atoms with Gasteiger partial charge in [0.1, 0.15) is 9.88 Å². The zero-order valence-corrected chi connectivity index (χ0v) is 20.3. The number of hydrogen-bond donors (Lipinski definition) is 1. The van der Waals surface area contributed by atoms with Crippen LogP contribution in [0.15, 0.2) is 34.0 Å². The molecule has 32 heavy (non-hydrogen) atoms. The third-order valence-corrected chi connectivity index (χ3v) is 7.57. The third-order valence-electron chi connectivity index (χ3n) is 5.50. The number of nitrogens with zero attached hydrogens (tertiary/aromatic N) is 4. The quantitative estimate of drug-likeness (QED) is 0.603. The number of rotatable bonds is 5. The maximum atomic E-state index is 13.3. The molecule has 2 aromatic heterocycles. The van der Waals surface area contributed by atoms with E-state index in [1.165, 1.54) is 21.7 Å². The molecule has 0 saturated carbocycles. The minimum Gasteiger partial charge on any atom is -0.334 e. The number of benzene rings is 1. The number of thiazole rings is 1. The number of nitrogens with two attached hydrogens (primary N) is 1. The molecular formula is C21H25N5O4S2. The van der Waals surface area contributed by atoms with E-state index in [0.717, 1.165) is 16.9 Å². The zero-order valence-electron chi connectivity index (χ0n) is 18.7. The van der Waals surface area contributed by atoms with Crippen LogP contribution in [0.3, 0.4) is 0 Å². The Bertz CT molecular complexity index is 1380. The number of carbonyl (C=O) groups excluding carboxylic acids is 1. The molecule has 0 fully saturated rings. The van der Waals surface area contributed by atoms with Crippen molar-refractivity contribution >= 4 is 27.3 Å². The average molecular weight is 476 g/mol. The molecule has 170 valence electrons. The highest BCUT2D eigenvalue weighted by atomic mass is 32.2. The largest absolute Gasteiger partial charge is 0.334 e. The first-order chi connectivity index (χ1) is 14.8. The van der Waals surface area contributed by atoms with Crippen LogP contribution in [0.25, 0.3) is 10.6 Å². The standard InChI is InChI=1S/C21H25N5O4S2/c1-11-12(2)24-26(6)20(27)17(11)19-23-13(3)18(31-19)21(28)25(5)14(4)15-8-7-9-16(10-15)32(22,29)30/h7-10,14H,1-6H3,(H2,22,29,30). The molecule has 0 spiro atoms. The molecule has 0 aliphatic rings. The molecule has 3 aromatic rings. The Balaban J connectivity index is 1.98. The summed E-state index contributed by atoms with van der Waals surface area (Å²) in [7, 11) is -0.640. The lowest BCUT2D eigenvalue weighted by atomic mass is 10.1. The van der Waals surface area contributed by atoms with Crippen molar-refractivity contribution in [3.63, 3.8) is 0 Å². The predicted octanol–water partition coefficient (Wildman–Crippen LogP) is 2.31. The van der Waals surface area contributed by atoms with Crippen molar-refractivity contribution in [1.82, 2.24) is 19.7 Å². The first-order valence-electron chi connectivity index (χ1n) is 9.75. The highest BCUT2D eigenvalue weighted by Gasteiger charge is 2.26. The van der Waals surface area contributed by atoms with Crippen molar-refractivity contribution in [3.8, 4) is 10.6 Å². The smallest absolute Gasteiger partial charge is 0.277 e. The molecule has 1 atom stereocenters. The SMILES string of the molecule is Cc1nc(-c2c(C)c(C)nn(C)c2=O)sc1C(=O)N(C)C(C)c1cccc(S(N)(=O)=O)c1. The molecule has 2 N–H and O–H groups in total. The number of aryl methyl sites for hydroxylation is 3. The van der Waals surface area contributed by atoms with Gasteiger partial charge in [0.15, 0.2) is 0 Å². The molecule has 11 heteroatoms. The normalized spacial score (nSPS) is 12.6. The van der Waals surface area contributed by atoms with Crippen LogP contribution < -0.4 is 10.7 Å². The van der Waals surface area contributed by atoms with Gasteiger partial charge in [-0.15, -0.1) is 11.3 Å². The summed E-state index contributed by atoms with van der Waals surface area (Å²) in [6.45, 7) is 7.14.